The van der Waals surface area contributed by atoms with E-state index in [1.54, 1.807) is 6.33 Å². The molecule has 0 aliphatic rings. The van der Waals surface area contributed by atoms with E-state index in [4.69, 9.17) is 5.11 Å². The smallest absolute Gasteiger partial charge is 0.129 e. The lowest BCUT2D eigenvalue weighted by molar-refractivity contribution is 0.226. The molecule has 0 amide bonds. The summed E-state index contributed by atoms with van der Waals surface area (Å²) in [4.78, 5) is 8.27. The Hall–Kier alpha value is -1.16. The van der Waals surface area contributed by atoms with E-state index < -0.39 is 0 Å². The molecule has 1 rings (SSSR count). The van der Waals surface area contributed by atoms with Crippen molar-refractivity contribution in [3.05, 3.63) is 18.1 Å². The Labute approximate surface area is 90.8 Å². The standard InChI is InChI=1S/C11H19N3O/c1-4-10-5-11(13-7-12-10)14-9(3)8(2)6-15/h5,7-9,15H,4,6H2,1-3H3,(H,12,13,14). The average Bonchev–Trinajstić information content (AvgIpc) is 2.28. The van der Waals surface area contributed by atoms with Crippen molar-refractivity contribution in [1.29, 1.82) is 0 Å². The van der Waals surface area contributed by atoms with Crippen molar-refractivity contribution in [3.63, 3.8) is 0 Å². The number of anilines is 1. The molecule has 1 aromatic rings. The highest BCUT2D eigenvalue weighted by Gasteiger charge is 2.11. The lowest BCUT2D eigenvalue weighted by Gasteiger charge is -2.19. The molecule has 4 nitrogen and oxygen atoms in total. The Kier molecular flexibility index (Phi) is 4.49. The van der Waals surface area contributed by atoms with Gasteiger partial charge < -0.3 is 10.4 Å². The molecule has 0 aromatic carbocycles. The number of nitrogens with zero attached hydrogens (tertiary/aromatic N) is 2. The lowest BCUT2D eigenvalue weighted by atomic mass is 10.1. The minimum atomic E-state index is 0.180. The molecule has 2 N–H and O–H groups in total. The largest absolute Gasteiger partial charge is 0.396 e. The molecule has 0 aliphatic heterocycles. The van der Waals surface area contributed by atoms with Crippen molar-refractivity contribution in [2.24, 2.45) is 5.92 Å². The molecule has 0 aliphatic carbocycles. The van der Waals surface area contributed by atoms with Crippen molar-refractivity contribution in [1.82, 2.24) is 9.97 Å². The number of hydrogen-bond acceptors (Lipinski definition) is 4. The molecular formula is C11H19N3O. The van der Waals surface area contributed by atoms with Gasteiger partial charge in [0.2, 0.25) is 0 Å². The van der Waals surface area contributed by atoms with Gasteiger partial charge in [-0.2, -0.15) is 0 Å². The highest BCUT2D eigenvalue weighted by atomic mass is 16.3. The Morgan fingerprint density at radius 3 is 2.73 bits per heavy atom. The van der Waals surface area contributed by atoms with E-state index in [9.17, 15) is 0 Å². The summed E-state index contributed by atoms with van der Waals surface area (Å²) in [7, 11) is 0. The van der Waals surface area contributed by atoms with Gasteiger partial charge in [-0.3, -0.25) is 0 Å². The summed E-state index contributed by atoms with van der Waals surface area (Å²) in [6.07, 6.45) is 2.47. The summed E-state index contributed by atoms with van der Waals surface area (Å²) < 4.78 is 0. The summed E-state index contributed by atoms with van der Waals surface area (Å²) >= 11 is 0. The van der Waals surface area contributed by atoms with E-state index in [1.807, 2.05) is 19.9 Å². The van der Waals surface area contributed by atoms with Gasteiger partial charge in [-0.15, -0.1) is 0 Å². The zero-order chi connectivity index (χ0) is 11.3. The third-order valence-corrected chi connectivity index (χ3v) is 2.60. The number of hydrogen-bond donors (Lipinski definition) is 2. The maximum absolute atomic E-state index is 9.01. The van der Waals surface area contributed by atoms with Crippen LogP contribution in [0.3, 0.4) is 0 Å². The van der Waals surface area contributed by atoms with Crippen LogP contribution in [0.5, 0.6) is 0 Å². The third-order valence-electron chi connectivity index (χ3n) is 2.60. The normalized spacial score (nSPS) is 14.7. The zero-order valence-electron chi connectivity index (χ0n) is 9.57. The molecule has 1 heterocycles. The highest BCUT2D eigenvalue weighted by Crippen LogP contribution is 2.10. The number of aryl methyl sites for hydroxylation is 1. The second-order valence-corrected chi connectivity index (χ2v) is 3.84. The van der Waals surface area contributed by atoms with Crippen molar-refractivity contribution >= 4 is 5.82 Å². The predicted molar refractivity (Wildman–Crippen MR) is 60.7 cm³/mol. The molecule has 0 saturated heterocycles. The minimum absolute atomic E-state index is 0.180. The van der Waals surface area contributed by atoms with Crippen molar-refractivity contribution < 1.29 is 5.11 Å². The average molecular weight is 209 g/mol. The van der Waals surface area contributed by atoms with Crippen LogP contribution in [0.4, 0.5) is 5.82 Å². The van der Waals surface area contributed by atoms with Crippen LogP contribution in [0.2, 0.25) is 0 Å². The van der Waals surface area contributed by atoms with Crippen molar-refractivity contribution in [2.45, 2.75) is 33.2 Å². The molecular weight excluding hydrogens is 190 g/mol. The van der Waals surface area contributed by atoms with Gasteiger partial charge in [0, 0.05) is 24.4 Å². The minimum Gasteiger partial charge on any atom is -0.396 e. The first-order chi connectivity index (χ1) is 7.17. The molecule has 2 unspecified atom stereocenters. The summed E-state index contributed by atoms with van der Waals surface area (Å²) in [6, 6.07) is 2.15. The third kappa shape index (κ3) is 3.47. The fourth-order valence-electron chi connectivity index (χ4n) is 1.20. The van der Waals surface area contributed by atoms with Crippen LogP contribution >= 0.6 is 0 Å². The molecule has 0 radical (unpaired) electrons. The van der Waals surface area contributed by atoms with Crippen LogP contribution in [-0.2, 0) is 6.42 Å². The summed E-state index contributed by atoms with van der Waals surface area (Å²) in [5.41, 5.74) is 1.02. The second kappa shape index (κ2) is 5.66. The Morgan fingerprint density at radius 2 is 2.13 bits per heavy atom. The zero-order valence-corrected chi connectivity index (χ0v) is 9.57. The van der Waals surface area contributed by atoms with Crippen LogP contribution in [0, 0.1) is 5.92 Å². The topological polar surface area (TPSA) is 58.0 Å². The van der Waals surface area contributed by atoms with Gasteiger partial charge >= 0.3 is 0 Å². The van der Waals surface area contributed by atoms with E-state index >= 15 is 0 Å². The van der Waals surface area contributed by atoms with E-state index in [1.165, 1.54) is 0 Å². The number of aliphatic hydroxyl groups is 1. The monoisotopic (exact) mass is 209 g/mol. The van der Waals surface area contributed by atoms with E-state index in [-0.39, 0.29) is 18.6 Å². The number of aromatic nitrogens is 2. The number of rotatable bonds is 5. The molecule has 84 valence electrons. The Bertz CT molecular complexity index is 304. The van der Waals surface area contributed by atoms with Crippen LogP contribution in [-0.4, -0.2) is 27.7 Å². The SMILES string of the molecule is CCc1cc(NC(C)C(C)CO)ncn1. The number of aliphatic hydroxyl groups excluding tert-OH is 1. The van der Waals surface area contributed by atoms with Crippen LogP contribution < -0.4 is 5.32 Å². The molecule has 15 heavy (non-hydrogen) atoms. The van der Waals surface area contributed by atoms with Crippen molar-refractivity contribution in [2.75, 3.05) is 11.9 Å². The molecule has 4 heteroatoms. The predicted octanol–water partition coefficient (Wildman–Crippen LogP) is 1.47. The molecule has 0 saturated carbocycles. The summed E-state index contributed by atoms with van der Waals surface area (Å²) in [6.45, 7) is 6.28. The van der Waals surface area contributed by atoms with Gasteiger partial charge in [0.15, 0.2) is 0 Å². The van der Waals surface area contributed by atoms with Gasteiger partial charge in [-0.25, -0.2) is 9.97 Å². The van der Waals surface area contributed by atoms with Crippen LogP contribution in [0.25, 0.3) is 0 Å². The first-order valence-electron chi connectivity index (χ1n) is 5.35. The highest BCUT2D eigenvalue weighted by molar-refractivity contribution is 5.35. The molecule has 0 spiro atoms. The van der Waals surface area contributed by atoms with E-state index in [2.05, 4.69) is 22.2 Å². The second-order valence-electron chi connectivity index (χ2n) is 3.84. The van der Waals surface area contributed by atoms with Gasteiger partial charge in [0.25, 0.3) is 0 Å². The molecule has 2 atom stereocenters. The van der Waals surface area contributed by atoms with Crippen LogP contribution in [0.1, 0.15) is 26.5 Å². The molecule has 0 bridgehead atoms. The quantitative estimate of drug-likeness (QED) is 0.771. The molecule has 0 fully saturated rings. The Morgan fingerprint density at radius 1 is 1.40 bits per heavy atom. The summed E-state index contributed by atoms with van der Waals surface area (Å²) in [5, 5.41) is 12.3. The first-order valence-corrected chi connectivity index (χ1v) is 5.35. The number of nitrogens with one attached hydrogen (secondary N) is 1. The lowest BCUT2D eigenvalue weighted by Crippen LogP contribution is -2.26. The maximum Gasteiger partial charge on any atom is 0.129 e. The van der Waals surface area contributed by atoms with Crippen LogP contribution in [0.15, 0.2) is 12.4 Å². The first kappa shape index (κ1) is 11.9. The van der Waals surface area contributed by atoms with Gasteiger partial charge in [0.05, 0.1) is 0 Å². The summed E-state index contributed by atoms with van der Waals surface area (Å²) in [5.74, 6) is 1.04. The van der Waals surface area contributed by atoms with Gasteiger partial charge in [-0.1, -0.05) is 13.8 Å². The van der Waals surface area contributed by atoms with Crippen molar-refractivity contribution in [3.8, 4) is 0 Å². The van der Waals surface area contributed by atoms with E-state index in [0.29, 0.717) is 0 Å². The fraction of sp³-hybridized carbons (Fsp3) is 0.636. The van der Waals surface area contributed by atoms with Gasteiger partial charge in [-0.05, 0) is 19.3 Å². The molecule has 1 aromatic heterocycles. The van der Waals surface area contributed by atoms with Gasteiger partial charge in [0.1, 0.15) is 12.1 Å². The maximum atomic E-state index is 9.01. The Balaban J connectivity index is 2.63. The van der Waals surface area contributed by atoms with E-state index in [0.717, 1.165) is 17.9 Å². The fourth-order valence-corrected chi connectivity index (χ4v) is 1.20.